The largest absolute Gasteiger partial charge is 0.497 e. The number of rotatable bonds is 5. The molecule has 0 spiro atoms. The lowest BCUT2D eigenvalue weighted by molar-refractivity contribution is 0.415. The molecule has 0 aliphatic heterocycles. The monoisotopic (exact) mass is 366 g/mol. The zero-order valence-corrected chi connectivity index (χ0v) is 15.0. The Bertz CT molecular complexity index is 971. The van der Waals surface area contributed by atoms with E-state index in [2.05, 4.69) is 37.3 Å². The fourth-order valence-corrected chi connectivity index (χ4v) is 3.68. The standard InChI is InChI=1S/C18H14N4OS2/c1-23-14-6-4-13(5-7-14)22-15(16-3-2-11-24-16)8-9-17(22)20-21-18-19-10-12-25-18/h2-12H,1H3/b21-20+. The molecule has 25 heavy (non-hydrogen) atoms. The summed E-state index contributed by atoms with van der Waals surface area (Å²) in [5.74, 6) is 1.57. The fraction of sp³-hybridized carbons (Fsp3) is 0.0556. The third-order valence-electron chi connectivity index (χ3n) is 3.62. The van der Waals surface area contributed by atoms with E-state index in [1.807, 2.05) is 41.8 Å². The summed E-state index contributed by atoms with van der Waals surface area (Å²) in [4.78, 5) is 5.32. The zero-order chi connectivity index (χ0) is 17.1. The highest BCUT2D eigenvalue weighted by Crippen LogP contribution is 2.34. The zero-order valence-electron chi connectivity index (χ0n) is 13.4. The Morgan fingerprint density at radius 1 is 0.960 bits per heavy atom. The van der Waals surface area contributed by atoms with Gasteiger partial charge in [-0.2, -0.15) is 0 Å². The van der Waals surface area contributed by atoms with Crippen LogP contribution in [0.3, 0.4) is 0 Å². The second kappa shape index (κ2) is 7.00. The van der Waals surface area contributed by atoms with Crippen LogP contribution in [0.5, 0.6) is 5.75 Å². The number of azo groups is 1. The molecule has 0 aliphatic carbocycles. The van der Waals surface area contributed by atoms with Gasteiger partial charge >= 0.3 is 0 Å². The van der Waals surface area contributed by atoms with Gasteiger partial charge < -0.3 is 4.74 Å². The highest BCUT2D eigenvalue weighted by atomic mass is 32.1. The van der Waals surface area contributed by atoms with Gasteiger partial charge in [0.25, 0.3) is 0 Å². The Morgan fingerprint density at radius 2 is 1.84 bits per heavy atom. The molecule has 0 amide bonds. The summed E-state index contributed by atoms with van der Waals surface area (Å²) >= 11 is 3.15. The summed E-state index contributed by atoms with van der Waals surface area (Å²) < 4.78 is 7.35. The first-order chi connectivity index (χ1) is 12.3. The molecular weight excluding hydrogens is 352 g/mol. The summed E-state index contributed by atoms with van der Waals surface area (Å²) in [5, 5.41) is 13.2. The Kier molecular flexibility index (Phi) is 4.41. The van der Waals surface area contributed by atoms with Crippen LogP contribution < -0.4 is 4.74 Å². The van der Waals surface area contributed by atoms with Crippen molar-refractivity contribution in [2.75, 3.05) is 7.11 Å². The smallest absolute Gasteiger partial charge is 0.229 e. The van der Waals surface area contributed by atoms with Crippen molar-refractivity contribution in [1.82, 2.24) is 9.55 Å². The number of methoxy groups -OCH3 is 1. The lowest BCUT2D eigenvalue weighted by Crippen LogP contribution is -1.95. The van der Waals surface area contributed by atoms with Gasteiger partial charge in [0.2, 0.25) is 5.13 Å². The predicted octanol–water partition coefficient (Wildman–Crippen LogP) is 6.09. The second-order valence-corrected chi connectivity index (χ2v) is 6.92. The number of thiophene rings is 1. The van der Waals surface area contributed by atoms with Crippen LogP contribution in [0.1, 0.15) is 0 Å². The molecule has 1 aromatic carbocycles. The normalized spacial score (nSPS) is 11.2. The molecule has 3 aromatic heterocycles. The summed E-state index contributed by atoms with van der Waals surface area (Å²) in [6.07, 6.45) is 1.72. The van der Waals surface area contributed by atoms with Crippen LogP contribution in [0.2, 0.25) is 0 Å². The van der Waals surface area contributed by atoms with Gasteiger partial charge in [0, 0.05) is 17.3 Å². The van der Waals surface area contributed by atoms with Crippen molar-refractivity contribution in [3.63, 3.8) is 0 Å². The third kappa shape index (κ3) is 3.24. The lowest BCUT2D eigenvalue weighted by Gasteiger charge is -2.11. The molecule has 0 aliphatic rings. The summed E-state index contributed by atoms with van der Waals surface area (Å²) in [6, 6.07) is 16.1. The number of aromatic nitrogens is 2. The minimum absolute atomic E-state index is 0.639. The summed E-state index contributed by atoms with van der Waals surface area (Å²) in [5.41, 5.74) is 2.08. The third-order valence-corrected chi connectivity index (χ3v) is 5.17. The first-order valence-corrected chi connectivity index (χ1v) is 9.32. The Balaban J connectivity index is 1.81. The SMILES string of the molecule is COc1ccc(-n2c(/N=N/c3nccs3)ccc2-c2cccs2)cc1. The maximum absolute atomic E-state index is 5.26. The Hall–Kier alpha value is -2.77. The van der Waals surface area contributed by atoms with E-state index in [1.54, 1.807) is 24.6 Å². The Morgan fingerprint density at radius 3 is 2.52 bits per heavy atom. The van der Waals surface area contributed by atoms with Crippen molar-refractivity contribution in [2.24, 2.45) is 10.2 Å². The summed E-state index contributed by atoms with van der Waals surface area (Å²) in [7, 11) is 1.66. The number of nitrogens with zero attached hydrogens (tertiary/aromatic N) is 4. The molecule has 0 atom stereocenters. The van der Waals surface area contributed by atoms with E-state index in [-0.39, 0.29) is 0 Å². The highest BCUT2D eigenvalue weighted by molar-refractivity contribution is 7.13. The van der Waals surface area contributed by atoms with Gasteiger partial charge in [-0.3, -0.25) is 4.57 Å². The predicted molar refractivity (Wildman–Crippen MR) is 102 cm³/mol. The van der Waals surface area contributed by atoms with Gasteiger partial charge in [0.1, 0.15) is 5.75 Å². The number of benzene rings is 1. The molecule has 4 aromatic rings. The minimum atomic E-state index is 0.639. The van der Waals surface area contributed by atoms with E-state index in [9.17, 15) is 0 Å². The average molecular weight is 366 g/mol. The molecule has 5 nitrogen and oxygen atoms in total. The van der Waals surface area contributed by atoms with Crippen LogP contribution in [-0.2, 0) is 0 Å². The molecule has 0 unspecified atom stereocenters. The molecule has 3 heterocycles. The van der Waals surface area contributed by atoms with E-state index in [0.29, 0.717) is 5.13 Å². The molecule has 124 valence electrons. The van der Waals surface area contributed by atoms with Crippen molar-refractivity contribution in [3.05, 3.63) is 65.5 Å². The van der Waals surface area contributed by atoms with Crippen molar-refractivity contribution < 1.29 is 4.74 Å². The number of thiazole rings is 1. The average Bonchev–Trinajstić information content (AvgIpc) is 3.40. The topological polar surface area (TPSA) is 51.8 Å². The fourth-order valence-electron chi connectivity index (χ4n) is 2.48. The molecule has 0 N–H and O–H groups in total. The van der Waals surface area contributed by atoms with Crippen LogP contribution in [0.4, 0.5) is 10.9 Å². The van der Waals surface area contributed by atoms with Crippen molar-refractivity contribution in [2.45, 2.75) is 0 Å². The second-order valence-electron chi connectivity index (χ2n) is 5.10. The number of ether oxygens (including phenoxy) is 1. The van der Waals surface area contributed by atoms with Crippen LogP contribution >= 0.6 is 22.7 Å². The van der Waals surface area contributed by atoms with Gasteiger partial charge in [0.15, 0.2) is 5.82 Å². The van der Waals surface area contributed by atoms with Crippen molar-refractivity contribution in [1.29, 1.82) is 0 Å². The lowest BCUT2D eigenvalue weighted by atomic mass is 10.2. The number of hydrogen-bond donors (Lipinski definition) is 0. The van der Waals surface area contributed by atoms with Gasteiger partial charge in [-0.1, -0.05) is 6.07 Å². The van der Waals surface area contributed by atoms with E-state index in [4.69, 9.17) is 4.74 Å². The van der Waals surface area contributed by atoms with E-state index in [0.717, 1.165) is 22.9 Å². The van der Waals surface area contributed by atoms with Crippen LogP contribution in [0.25, 0.3) is 16.3 Å². The molecule has 0 saturated heterocycles. The van der Waals surface area contributed by atoms with Crippen molar-refractivity contribution >= 4 is 33.6 Å². The number of hydrogen-bond acceptors (Lipinski definition) is 6. The van der Waals surface area contributed by atoms with Crippen LogP contribution in [0, 0.1) is 0 Å². The van der Waals surface area contributed by atoms with E-state index in [1.165, 1.54) is 16.2 Å². The Labute approximate surface area is 152 Å². The molecule has 0 radical (unpaired) electrons. The first kappa shape index (κ1) is 15.7. The minimum Gasteiger partial charge on any atom is -0.497 e. The van der Waals surface area contributed by atoms with Gasteiger partial charge in [0.05, 0.1) is 17.7 Å². The molecule has 0 bridgehead atoms. The molecular formula is C18H14N4OS2. The maximum Gasteiger partial charge on any atom is 0.229 e. The molecule has 7 heteroatoms. The van der Waals surface area contributed by atoms with Crippen LogP contribution in [0.15, 0.2) is 75.7 Å². The van der Waals surface area contributed by atoms with Crippen LogP contribution in [-0.4, -0.2) is 16.7 Å². The maximum atomic E-state index is 5.26. The van der Waals surface area contributed by atoms with E-state index < -0.39 is 0 Å². The van der Waals surface area contributed by atoms with Crippen molar-refractivity contribution in [3.8, 4) is 22.0 Å². The van der Waals surface area contributed by atoms with E-state index >= 15 is 0 Å². The molecule has 0 fully saturated rings. The quantitative estimate of drug-likeness (QED) is 0.402. The molecule has 4 rings (SSSR count). The van der Waals surface area contributed by atoms with Gasteiger partial charge in [-0.25, -0.2) is 4.98 Å². The first-order valence-electron chi connectivity index (χ1n) is 7.56. The highest BCUT2D eigenvalue weighted by Gasteiger charge is 2.13. The van der Waals surface area contributed by atoms with Gasteiger partial charge in [-0.05, 0) is 47.8 Å². The summed E-state index contributed by atoms with van der Waals surface area (Å²) in [6.45, 7) is 0. The molecule has 0 saturated carbocycles. The van der Waals surface area contributed by atoms with Gasteiger partial charge in [-0.15, -0.1) is 32.9 Å².